The molecule has 0 fully saturated rings. The van der Waals surface area contributed by atoms with Gasteiger partial charge in [0, 0.05) is 11.8 Å². The second-order valence-corrected chi connectivity index (χ2v) is 9.36. The quantitative estimate of drug-likeness (QED) is 0.431. The molecule has 0 aliphatic carbocycles. The topological polar surface area (TPSA) is 95.0 Å². The molecule has 1 heterocycles. The molecule has 0 aliphatic heterocycles. The zero-order valence-electron chi connectivity index (χ0n) is 20.3. The van der Waals surface area contributed by atoms with Crippen LogP contribution in [0.5, 0.6) is 0 Å². The van der Waals surface area contributed by atoms with Crippen molar-refractivity contribution in [3.8, 4) is 11.3 Å². The van der Waals surface area contributed by atoms with Crippen LogP contribution < -0.4 is 4.90 Å². The third-order valence-corrected chi connectivity index (χ3v) is 4.02. The summed E-state index contributed by atoms with van der Waals surface area (Å²) in [7, 11) is 0. The Balaban J connectivity index is 2.66. The summed E-state index contributed by atoms with van der Waals surface area (Å²) in [6, 6.07) is 10.6. The molecule has 0 unspecified atom stereocenters. The van der Waals surface area contributed by atoms with Gasteiger partial charge in [0.25, 0.3) is 0 Å². The molecule has 2 rings (SSSR count). The van der Waals surface area contributed by atoms with E-state index in [1.807, 2.05) is 18.2 Å². The van der Waals surface area contributed by atoms with Gasteiger partial charge in [0.2, 0.25) is 0 Å². The lowest BCUT2D eigenvalue weighted by Crippen LogP contribution is -2.44. The molecule has 8 heteroatoms. The molecule has 0 bridgehead atoms. The van der Waals surface area contributed by atoms with E-state index < -0.39 is 29.4 Å². The highest BCUT2D eigenvalue weighted by Gasteiger charge is 2.35. The first-order valence-electron chi connectivity index (χ1n) is 10.8. The highest BCUT2D eigenvalue weighted by Crippen LogP contribution is 2.32. The number of imide groups is 1. The van der Waals surface area contributed by atoms with E-state index in [1.54, 1.807) is 66.7 Å². The molecule has 2 aromatic rings. The Morgan fingerprint density at radius 2 is 1.45 bits per heavy atom. The molecule has 1 aromatic heterocycles. The standard InChI is InChI=1S/C25H32N2O6/c1-8-31-20(28)15-17-14-19(21(26-16-17)18-12-10-9-11-13-18)27(22(29)32-24(2,3)4)23(30)33-25(5,6)7/h9-14,16H,8,15H2,1-7H3. The molecular weight excluding hydrogens is 424 g/mol. The summed E-state index contributed by atoms with van der Waals surface area (Å²) in [5, 5.41) is 0. The molecule has 8 nitrogen and oxygen atoms in total. The maximum absolute atomic E-state index is 13.2. The second kappa shape index (κ2) is 10.5. The normalized spacial score (nSPS) is 11.5. The molecule has 0 aliphatic rings. The van der Waals surface area contributed by atoms with Gasteiger partial charge in [-0.15, -0.1) is 0 Å². The number of hydrogen-bond donors (Lipinski definition) is 0. The number of benzene rings is 1. The molecule has 0 radical (unpaired) electrons. The number of pyridine rings is 1. The summed E-state index contributed by atoms with van der Waals surface area (Å²) >= 11 is 0. The van der Waals surface area contributed by atoms with Crippen molar-refractivity contribution in [1.29, 1.82) is 0 Å². The lowest BCUT2D eigenvalue weighted by atomic mass is 10.1. The molecule has 0 spiro atoms. The van der Waals surface area contributed by atoms with E-state index in [0.717, 1.165) is 4.90 Å². The number of carbonyl (C=O) groups is 3. The van der Waals surface area contributed by atoms with E-state index in [0.29, 0.717) is 16.8 Å². The van der Waals surface area contributed by atoms with Crippen LogP contribution in [0.3, 0.4) is 0 Å². The van der Waals surface area contributed by atoms with Gasteiger partial charge in [-0.2, -0.15) is 4.90 Å². The number of anilines is 1. The highest BCUT2D eigenvalue weighted by molar-refractivity contribution is 6.11. The lowest BCUT2D eigenvalue weighted by Gasteiger charge is -2.29. The van der Waals surface area contributed by atoms with Gasteiger partial charge in [-0.1, -0.05) is 30.3 Å². The Morgan fingerprint density at radius 3 is 1.94 bits per heavy atom. The number of carbonyl (C=O) groups excluding carboxylic acids is 3. The largest absolute Gasteiger partial charge is 0.466 e. The monoisotopic (exact) mass is 456 g/mol. The third-order valence-electron chi connectivity index (χ3n) is 4.02. The minimum atomic E-state index is -0.913. The van der Waals surface area contributed by atoms with Crippen molar-refractivity contribution in [1.82, 2.24) is 4.98 Å². The van der Waals surface area contributed by atoms with E-state index in [-0.39, 0.29) is 18.7 Å². The van der Waals surface area contributed by atoms with Crippen LogP contribution in [-0.4, -0.2) is 40.9 Å². The molecule has 0 saturated carbocycles. The molecule has 0 atom stereocenters. The number of hydrogen-bond acceptors (Lipinski definition) is 7. The second-order valence-electron chi connectivity index (χ2n) is 9.36. The fraction of sp³-hybridized carbons (Fsp3) is 0.440. The highest BCUT2D eigenvalue weighted by atomic mass is 16.6. The predicted octanol–water partition coefficient (Wildman–Crippen LogP) is 5.53. The van der Waals surface area contributed by atoms with Crippen LogP contribution in [0.4, 0.5) is 15.3 Å². The van der Waals surface area contributed by atoms with Crippen molar-refractivity contribution in [2.45, 2.75) is 66.1 Å². The Kier molecular flexibility index (Phi) is 8.19. The number of ether oxygens (including phenoxy) is 3. The van der Waals surface area contributed by atoms with E-state index >= 15 is 0 Å². The average Bonchev–Trinajstić information content (AvgIpc) is 2.66. The lowest BCUT2D eigenvalue weighted by molar-refractivity contribution is -0.142. The molecular formula is C25H32N2O6. The van der Waals surface area contributed by atoms with Gasteiger partial charge in [-0.05, 0) is 60.1 Å². The van der Waals surface area contributed by atoms with Gasteiger partial charge in [-0.25, -0.2) is 9.59 Å². The van der Waals surface area contributed by atoms with Crippen LogP contribution in [0.2, 0.25) is 0 Å². The maximum Gasteiger partial charge on any atom is 0.424 e. The van der Waals surface area contributed by atoms with E-state index in [4.69, 9.17) is 14.2 Å². The number of rotatable bonds is 5. The van der Waals surface area contributed by atoms with Crippen molar-refractivity contribution in [2.75, 3.05) is 11.5 Å². The fourth-order valence-electron chi connectivity index (χ4n) is 2.85. The van der Waals surface area contributed by atoms with Crippen LogP contribution >= 0.6 is 0 Å². The minimum absolute atomic E-state index is 0.0701. The van der Waals surface area contributed by atoms with Crippen LogP contribution in [0, 0.1) is 0 Å². The van der Waals surface area contributed by atoms with Crippen molar-refractivity contribution in [3.63, 3.8) is 0 Å². The van der Waals surface area contributed by atoms with Crippen LogP contribution in [-0.2, 0) is 25.4 Å². The zero-order valence-corrected chi connectivity index (χ0v) is 20.3. The number of nitrogens with zero attached hydrogens (tertiary/aromatic N) is 2. The van der Waals surface area contributed by atoms with Crippen LogP contribution in [0.15, 0.2) is 42.6 Å². The molecule has 1 aromatic carbocycles. The van der Waals surface area contributed by atoms with E-state index in [9.17, 15) is 14.4 Å². The smallest absolute Gasteiger partial charge is 0.424 e. The summed E-state index contributed by atoms with van der Waals surface area (Å²) in [6.45, 7) is 12.2. The van der Waals surface area contributed by atoms with Gasteiger partial charge in [0.15, 0.2) is 0 Å². The van der Waals surface area contributed by atoms with Crippen molar-refractivity contribution in [2.24, 2.45) is 0 Å². The van der Waals surface area contributed by atoms with Gasteiger partial charge in [0.05, 0.1) is 24.4 Å². The Morgan fingerprint density at radius 1 is 0.909 bits per heavy atom. The summed E-state index contributed by atoms with van der Waals surface area (Å²) in [5.41, 5.74) is -0.0699. The Bertz CT molecular complexity index is 962. The summed E-state index contributed by atoms with van der Waals surface area (Å²) in [5.74, 6) is -0.446. The van der Waals surface area contributed by atoms with Crippen molar-refractivity contribution >= 4 is 23.8 Å². The van der Waals surface area contributed by atoms with Crippen molar-refractivity contribution in [3.05, 3.63) is 48.2 Å². The van der Waals surface area contributed by atoms with Gasteiger partial charge < -0.3 is 14.2 Å². The summed E-state index contributed by atoms with van der Waals surface area (Å²) in [4.78, 5) is 43.7. The zero-order chi connectivity index (χ0) is 24.8. The van der Waals surface area contributed by atoms with Crippen LogP contribution in [0.25, 0.3) is 11.3 Å². The first kappa shape index (κ1) is 25.8. The van der Waals surface area contributed by atoms with Gasteiger partial charge in [0.1, 0.15) is 11.2 Å². The average molecular weight is 457 g/mol. The minimum Gasteiger partial charge on any atom is -0.466 e. The van der Waals surface area contributed by atoms with Gasteiger partial charge in [-0.3, -0.25) is 9.78 Å². The molecule has 33 heavy (non-hydrogen) atoms. The van der Waals surface area contributed by atoms with E-state index in [2.05, 4.69) is 4.98 Å². The first-order valence-corrected chi connectivity index (χ1v) is 10.8. The SMILES string of the molecule is CCOC(=O)Cc1cnc(-c2ccccc2)c(N(C(=O)OC(C)(C)C)C(=O)OC(C)(C)C)c1. The van der Waals surface area contributed by atoms with E-state index in [1.165, 1.54) is 6.20 Å². The number of aromatic nitrogens is 1. The summed E-state index contributed by atoms with van der Waals surface area (Å²) in [6.07, 6.45) is -0.377. The fourth-order valence-corrected chi connectivity index (χ4v) is 2.85. The molecule has 0 saturated heterocycles. The third kappa shape index (κ3) is 7.89. The first-order chi connectivity index (χ1) is 15.3. The molecule has 178 valence electrons. The Hall–Kier alpha value is -3.42. The molecule has 2 amide bonds. The van der Waals surface area contributed by atoms with Crippen molar-refractivity contribution < 1.29 is 28.6 Å². The number of esters is 1. The predicted molar refractivity (Wildman–Crippen MR) is 125 cm³/mol. The molecule has 0 N–H and O–H groups in total. The maximum atomic E-state index is 13.2. The summed E-state index contributed by atoms with van der Waals surface area (Å²) < 4.78 is 16.0. The number of amides is 2. The Labute approximate surface area is 194 Å². The van der Waals surface area contributed by atoms with Gasteiger partial charge >= 0.3 is 18.2 Å². The van der Waals surface area contributed by atoms with Crippen LogP contribution in [0.1, 0.15) is 54.0 Å².